The lowest BCUT2D eigenvalue weighted by molar-refractivity contribution is -0.139. The highest BCUT2D eigenvalue weighted by atomic mass is 19.1. The maximum absolute atomic E-state index is 14.0. The lowest BCUT2D eigenvalue weighted by Crippen LogP contribution is -2.32. The number of azide groups is 1. The normalized spacial score (nSPS) is 18.9. The minimum atomic E-state index is -1.11. The Kier molecular flexibility index (Phi) is 4.95. The Morgan fingerprint density at radius 3 is 2.91 bits per heavy atom. The monoisotopic (exact) mass is 306 g/mol. The molecule has 1 heterocycles. The van der Waals surface area contributed by atoms with E-state index < -0.39 is 17.8 Å². The van der Waals surface area contributed by atoms with Crippen molar-refractivity contribution in [3.63, 3.8) is 0 Å². The number of hydrogen-bond donors (Lipinski definition) is 1. The van der Waals surface area contributed by atoms with Crippen molar-refractivity contribution >= 4 is 11.9 Å². The molecule has 0 aromatic heterocycles. The van der Waals surface area contributed by atoms with Crippen LogP contribution in [-0.4, -0.2) is 35.0 Å². The Labute approximate surface area is 126 Å². The Morgan fingerprint density at radius 1 is 1.55 bits per heavy atom. The molecule has 1 aliphatic rings. The molecule has 0 spiro atoms. The summed E-state index contributed by atoms with van der Waals surface area (Å²) in [6.45, 7) is 0.417. The zero-order valence-electron chi connectivity index (χ0n) is 11.7. The summed E-state index contributed by atoms with van der Waals surface area (Å²) in [6.07, 6.45) is -0.204. The standard InChI is InChI=1S/C14H15FN4O3/c15-11-4-2-1-3-10(11)12(6-14(21)22)19-8-9(5-13(19)20)7-17-18-16/h1-4,9,12H,5-8H2,(H,21,22). The molecule has 1 aromatic rings. The van der Waals surface area contributed by atoms with E-state index in [2.05, 4.69) is 10.0 Å². The summed E-state index contributed by atoms with van der Waals surface area (Å²) in [5.74, 6) is -2.08. The summed E-state index contributed by atoms with van der Waals surface area (Å²) in [5.41, 5.74) is 8.52. The van der Waals surface area contributed by atoms with Crippen molar-refractivity contribution in [2.45, 2.75) is 18.9 Å². The van der Waals surface area contributed by atoms with E-state index in [1.165, 1.54) is 23.1 Å². The molecule has 2 atom stereocenters. The average Bonchev–Trinajstić information content (AvgIpc) is 2.84. The first-order valence-corrected chi connectivity index (χ1v) is 6.79. The summed E-state index contributed by atoms with van der Waals surface area (Å²) in [7, 11) is 0. The maximum Gasteiger partial charge on any atom is 0.305 e. The van der Waals surface area contributed by atoms with Crippen molar-refractivity contribution in [2.75, 3.05) is 13.1 Å². The highest BCUT2D eigenvalue weighted by Gasteiger charge is 2.36. The summed E-state index contributed by atoms with van der Waals surface area (Å²) in [4.78, 5) is 27.2. The smallest absolute Gasteiger partial charge is 0.305 e. The number of aliphatic carboxylic acids is 1. The molecule has 0 bridgehead atoms. The summed E-state index contributed by atoms with van der Waals surface area (Å²) in [6, 6.07) is 4.97. The third-order valence-corrected chi connectivity index (χ3v) is 3.65. The fourth-order valence-electron chi connectivity index (χ4n) is 2.68. The van der Waals surface area contributed by atoms with E-state index in [0.29, 0.717) is 0 Å². The van der Waals surface area contributed by atoms with E-state index in [9.17, 15) is 14.0 Å². The molecule has 1 N–H and O–H groups in total. The second-order valence-corrected chi connectivity index (χ2v) is 5.16. The molecule has 116 valence electrons. The van der Waals surface area contributed by atoms with Gasteiger partial charge in [-0.3, -0.25) is 9.59 Å². The van der Waals surface area contributed by atoms with Crippen molar-refractivity contribution < 1.29 is 19.1 Å². The number of amides is 1. The van der Waals surface area contributed by atoms with Crippen molar-refractivity contribution in [1.82, 2.24) is 4.90 Å². The highest BCUT2D eigenvalue weighted by molar-refractivity contribution is 5.80. The number of rotatable bonds is 6. The third-order valence-electron chi connectivity index (χ3n) is 3.65. The Hall–Kier alpha value is -2.60. The first-order valence-electron chi connectivity index (χ1n) is 6.79. The number of carbonyl (C=O) groups is 2. The van der Waals surface area contributed by atoms with E-state index in [1.54, 1.807) is 6.07 Å². The molecule has 1 amide bonds. The zero-order valence-corrected chi connectivity index (χ0v) is 11.7. The SMILES string of the molecule is [N-]=[N+]=NCC1CC(=O)N(C(CC(=O)O)c2ccccc2F)C1. The minimum Gasteiger partial charge on any atom is -0.481 e. The van der Waals surface area contributed by atoms with Gasteiger partial charge in [-0.15, -0.1) is 0 Å². The van der Waals surface area contributed by atoms with E-state index >= 15 is 0 Å². The number of carboxylic acid groups (broad SMARTS) is 1. The molecule has 1 fully saturated rings. The maximum atomic E-state index is 14.0. The predicted octanol–water partition coefficient (Wildman–Crippen LogP) is 2.50. The van der Waals surface area contributed by atoms with E-state index in [-0.39, 0.29) is 43.3 Å². The van der Waals surface area contributed by atoms with Crippen molar-refractivity contribution in [1.29, 1.82) is 0 Å². The molecular formula is C14H15FN4O3. The van der Waals surface area contributed by atoms with Gasteiger partial charge in [-0.25, -0.2) is 4.39 Å². The lowest BCUT2D eigenvalue weighted by atomic mass is 10.0. The summed E-state index contributed by atoms with van der Waals surface area (Å²) < 4.78 is 14.0. The van der Waals surface area contributed by atoms with Crippen LogP contribution < -0.4 is 0 Å². The van der Waals surface area contributed by atoms with Gasteiger partial charge in [-0.2, -0.15) is 0 Å². The molecular weight excluding hydrogens is 291 g/mol. The number of carboxylic acids is 1. The number of benzene rings is 1. The van der Waals surface area contributed by atoms with Crippen LogP contribution in [0.3, 0.4) is 0 Å². The third kappa shape index (κ3) is 3.53. The highest BCUT2D eigenvalue weighted by Crippen LogP contribution is 2.32. The van der Waals surface area contributed by atoms with Crippen LogP contribution in [0.25, 0.3) is 10.4 Å². The van der Waals surface area contributed by atoms with Gasteiger partial charge in [-0.1, -0.05) is 23.3 Å². The molecule has 8 heteroatoms. The molecule has 1 aliphatic heterocycles. The van der Waals surface area contributed by atoms with Gasteiger partial charge in [0.25, 0.3) is 0 Å². The fourth-order valence-corrected chi connectivity index (χ4v) is 2.68. The summed E-state index contributed by atoms with van der Waals surface area (Å²) in [5, 5.41) is 12.5. The van der Waals surface area contributed by atoms with Gasteiger partial charge in [0.1, 0.15) is 5.82 Å². The van der Waals surface area contributed by atoms with E-state index in [0.717, 1.165) is 0 Å². The second-order valence-electron chi connectivity index (χ2n) is 5.16. The van der Waals surface area contributed by atoms with Crippen molar-refractivity contribution in [2.24, 2.45) is 11.0 Å². The molecule has 1 aromatic carbocycles. The van der Waals surface area contributed by atoms with Crippen LogP contribution in [0.2, 0.25) is 0 Å². The molecule has 22 heavy (non-hydrogen) atoms. The van der Waals surface area contributed by atoms with Crippen LogP contribution in [0, 0.1) is 11.7 Å². The van der Waals surface area contributed by atoms with Crippen LogP contribution >= 0.6 is 0 Å². The van der Waals surface area contributed by atoms with Crippen LogP contribution in [0.5, 0.6) is 0 Å². The Balaban J connectivity index is 2.26. The molecule has 7 nitrogen and oxygen atoms in total. The van der Waals surface area contributed by atoms with Gasteiger partial charge in [0.2, 0.25) is 5.91 Å². The van der Waals surface area contributed by atoms with Gasteiger partial charge < -0.3 is 10.0 Å². The number of likely N-dealkylation sites (tertiary alicyclic amines) is 1. The van der Waals surface area contributed by atoms with Gasteiger partial charge in [0, 0.05) is 30.0 Å². The first-order chi connectivity index (χ1) is 10.5. The average molecular weight is 306 g/mol. The number of carbonyl (C=O) groups excluding carboxylic acids is 1. The van der Waals surface area contributed by atoms with Crippen LogP contribution in [0.1, 0.15) is 24.4 Å². The van der Waals surface area contributed by atoms with Crippen LogP contribution in [-0.2, 0) is 9.59 Å². The van der Waals surface area contributed by atoms with Crippen molar-refractivity contribution in [3.8, 4) is 0 Å². The molecule has 2 rings (SSSR count). The number of halogens is 1. The summed E-state index contributed by atoms with van der Waals surface area (Å²) >= 11 is 0. The van der Waals surface area contributed by atoms with Gasteiger partial charge in [-0.05, 0) is 17.5 Å². The van der Waals surface area contributed by atoms with Crippen LogP contribution in [0.15, 0.2) is 29.4 Å². The minimum absolute atomic E-state index is 0.163. The fraction of sp³-hybridized carbons (Fsp3) is 0.429. The predicted molar refractivity (Wildman–Crippen MR) is 75.2 cm³/mol. The Morgan fingerprint density at radius 2 is 2.27 bits per heavy atom. The van der Waals surface area contributed by atoms with Gasteiger partial charge >= 0.3 is 5.97 Å². The van der Waals surface area contributed by atoms with E-state index in [4.69, 9.17) is 10.6 Å². The molecule has 0 saturated carbocycles. The van der Waals surface area contributed by atoms with Crippen molar-refractivity contribution in [3.05, 3.63) is 46.1 Å². The Bertz CT molecular complexity index is 630. The molecule has 0 aliphatic carbocycles. The lowest BCUT2D eigenvalue weighted by Gasteiger charge is -2.27. The van der Waals surface area contributed by atoms with Gasteiger partial charge in [0.05, 0.1) is 12.5 Å². The second kappa shape index (κ2) is 6.91. The number of nitrogens with zero attached hydrogens (tertiary/aromatic N) is 4. The topological polar surface area (TPSA) is 106 Å². The first kappa shape index (κ1) is 15.8. The molecule has 1 saturated heterocycles. The quantitative estimate of drug-likeness (QED) is 0.495. The molecule has 2 unspecified atom stereocenters. The van der Waals surface area contributed by atoms with Crippen LogP contribution in [0.4, 0.5) is 4.39 Å². The largest absolute Gasteiger partial charge is 0.481 e. The van der Waals surface area contributed by atoms with E-state index in [1.807, 2.05) is 0 Å². The number of hydrogen-bond acceptors (Lipinski definition) is 3. The molecule has 0 radical (unpaired) electrons. The zero-order chi connectivity index (χ0) is 16.1. The van der Waals surface area contributed by atoms with Gasteiger partial charge in [0.15, 0.2) is 0 Å².